The van der Waals surface area contributed by atoms with Gasteiger partial charge in [-0.1, -0.05) is 35.5 Å². The van der Waals surface area contributed by atoms with Gasteiger partial charge in [0.05, 0.1) is 5.01 Å². The molecule has 22 heavy (non-hydrogen) atoms. The average Bonchev–Trinajstić information content (AvgIpc) is 3.26. The highest BCUT2D eigenvalue weighted by Gasteiger charge is 2.19. The lowest BCUT2D eigenvalue weighted by molar-refractivity contribution is 0.434. The molecule has 0 amide bonds. The van der Waals surface area contributed by atoms with Crippen molar-refractivity contribution in [3.05, 3.63) is 46.8 Å². The van der Waals surface area contributed by atoms with E-state index in [1.54, 1.807) is 11.3 Å². The quantitative estimate of drug-likeness (QED) is 0.796. The Morgan fingerprint density at radius 1 is 1.09 bits per heavy atom. The molecular formula is C17H17N3OS. The number of piperidine rings is 1. The van der Waals surface area contributed by atoms with E-state index in [1.165, 1.54) is 17.8 Å². The predicted molar refractivity (Wildman–Crippen MR) is 87.9 cm³/mol. The molecule has 5 heteroatoms. The molecule has 0 bridgehead atoms. The summed E-state index contributed by atoms with van der Waals surface area (Å²) >= 11 is 1.74. The monoisotopic (exact) mass is 311 g/mol. The van der Waals surface area contributed by atoms with Gasteiger partial charge in [0.2, 0.25) is 0 Å². The van der Waals surface area contributed by atoms with Crippen LogP contribution in [0.15, 0.2) is 46.3 Å². The maximum atomic E-state index is 5.46. The Hall–Kier alpha value is -1.98. The minimum Gasteiger partial charge on any atom is -0.356 e. The maximum absolute atomic E-state index is 5.46. The van der Waals surface area contributed by atoms with Crippen LogP contribution in [0.25, 0.3) is 22.7 Å². The van der Waals surface area contributed by atoms with Crippen molar-refractivity contribution in [1.82, 2.24) is 15.5 Å². The van der Waals surface area contributed by atoms with E-state index in [4.69, 9.17) is 9.51 Å². The second-order valence-electron chi connectivity index (χ2n) is 5.54. The number of thiazole rings is 1. The van der Waals surface area contributed by atoms with Crippen molar-refractivity contribution in [3.63, 3.8) is 0 Å². The van der Waals surface area contributed by atoms with E-state index < -0.39 is 0 Å². The van der Waals surface area contributed by atoms with Crippen molar-refractivity contribution in [1.29, 1.82) is 0 Å². The predicted octanol–water partition coefficient (Wildman–Crippen LogP) is 3.93. The van der Waals surface area contributed by atoms with Crippen LogP contribution in [0.5, 0.6) is 0 Å². The van der Waals surface area contributed by atoms with Crippen molar-refractivity contribution in [2.45, 2.75) is 18.8 Å². The van der Waals surface area contributed by atoms with Gasteiger partial charge in [0.1, 0.15) is 11.4 Å². The van der Waals surface area contributed by atoms with E-state index in [1.807, 2.05) is 36.4 Å². The highest BCUT2D eigenvalue weighted by atomic mass is 32.1. The molecule has 1 aromatic carbocycles. The zero-order valence-electron chi connectivity index (χ0n) is 12.2. The van der Waals surface area contributed by atoms with Gasteiger partial charge >= 0.3 is 0 Å². The zero-order chi connectivity index (χ0) is 14.8. The summed E-state index contributed by atoms with van der Waals surface area (Å²) in [6, 6.07) is 12.0. The molecule has 0 saturated carbocycles. The van der Waals surface area contributed by atoms with Crippen LogP contribution in [0.1, 0.15) is 23.8 Å². The zero-order valence-corrected chi connectivity index (χ0v) is 13.0. The molecule has 0 aliphatic carbocycles. The first kappa shape index (κ1) is 13.7. The molecule has 0 spiro atoms. The number of aromatic nitrogens is 2. The molecule has 3 aromatic rings. The van der Waals surface area contributed by atoms with Crippen LogP contribution in [0.4, 0.5) is 0 Å². The normalized spacial score (nSPS) is 16.0. The molecule has 112 valence electrons. The number of benzene rings is 1. The lowest BCUT2D eigenvalue weighted by Gasteiger charge is -2.20. The Morgan fingerprint density at radius 3 is 2.73 bits per heavy atom. The van der Waals surface area contributed by atoms with Crippen LogP contribution in [0.3, 0.4) is 0 Å². The summed E-state index contributed by atoms with van der Waals surface area (Å²) in [7, 11) is 0. The van der Waals surface area contributed by atoms with Crippen LogP contribution >= 0.6 is 11.3 Å². The van der Waals surface area contributed by atoms with Gasteiger partial charge in [-0.25, -0.2) is 4.98 Å². The molecule has 0 atom stereocenters. The lowest BCUT2D eigenvalue weighted by atomic mass is 9.99. The molecule has 3 heterocycles. The summed E-state index contributed by atoms with van der Waals surface area (Å²) in [5, 5.41) is 10.9. The molecule has 0 unspecified atom stereocenters. The number of nitrogens with one attached hydrogen (secondary N) is 1. The Morgan fingerprint density at radius 2 is 1.91 bits per heavy atom. The lowest BCUT2D eigenvalue weighted by Crippen LogP contribution is -2.26. The fourth-order valence-electron chi connectivity index (χ4n) is 2.80. The SMILES string of the molecule is c1ccc(-c2cc(-c3csc(C4CCNCC4)n3)no2)cc1. The largest absolute Gasteiger partial charge is 0.356 e. The van der Waals surface area contributed by atoms with E-state index in [2.05, 4.69) is 15.9 Å². The molecule has 1 fully saturated rings. The third kappa shape index (κ3) is 2.69. The van der Waals surface area contributed by atoms with Crippen LogP contribution in [-0.2, 0) is 0 Å². The van der Waals surface area contributed by atoms with Gasteiger partial charge in [-0.15, -0.1) is 11.3 Å². The van der Waals surface area contributed by atoms with E-state index in [0.29, 0.717) is 5.92 Å². The second-order valence-corrected chi connectivity index (χ2v) is 6.43. The molecule has 2 aromatic heterocycles. The molecule has 4 rings (SSSR count). The van der Waals surface area contributed by atoms with Crippen LogP contribution in [0.2, 0.25) is 0 Å². The third-order valence-electron chi connectivity index (χ3n) is 4.04. The fraction of sp³-hybridized carbons (Fsp3) is 0.294. The smallest absolute Gasteiger partial charge is 0.167 e. The Kier molecular flexibility index (Phi) is 3.74. The standard InChI is InChI=1S/C17H17N3OS/c1-2-4-12(5-3-1)16-10-14(20-21-16)15-11-22-17(19-15)13-6-8-18-9-7-13/h1-5,10-11,13,18H,6-9H2. The van der Waals surface area contributed by atoms with Gasteiger partial charge in [0.15, 0.2) is 5.76 Å². The summed E-state index contributed by atoms with van der Waals surface area (Å²) in [6.07, 6.45) is 2.34. The summed E-state index contributed by atoms with van der Waals surface area (Å²) in [5.74, 6) is 1.37. The Balaban J connectivity index is 1.58. The second kappa shape index (κ2) is 6.02. The van der Waals surface area contributed by atoms with Crippen molar-refractivity contribution >= 4 is 11.3 Å². The van der Waals surface area contributed by atoms with Crippen LogP contribution in [0, 0.1) is 0 Å². The number of rotatable bonds is 3. The Bertz CT molecular complexity index is 744. The fourth-order valence-corrected chi connectivity index (χ4v) is 3.78. The van der Waals surface area contributed by atoms with Gasteiger partial charge in [0.25, 0.3) is 0 Å². The van der Waals surface area contributed by atoms with Gasteiger partial charge in [-0.3, -0.25) is 0 Å². The molecule has 4 nitrogen and oxygen atoms in total. The van der Waals surface area contributed by atoms with E-state index in [9.17, 15) is 0 Å². The molecule has 1 aliphatic rings. The first-order chi connectivity index (χ1) is 10.9. The highest BCUT2D eigenvalue weighted by Crippen LogP contribution is 2.32. The minimum atomic E-state index is 0.584. The maximum Gasteiger partial charge on any atom is 0.167 e. The van der Waals surface area contributed by atoms with E-state index in [-0.39, 0.29) is 0 Å². The molecule has 1 N–H and O–H groups in total. The number of hydrogen-bond acceptors (Lipinski definition) is 5. The highest BCUT2D eigenvalue weighted by molar-refractivity contribution is 7.10. The molecule has 1 aliphatic heterocycles. The van der Waals surface area contributed by atoms with Crippen molar-refractivity contribution in [2.75, 3.05) is 13.1 Å². The summed E-state index contributed by atoms with van der Waals surface area (Å²) in [4.78, 5) is 4.78. The van der Waals surface area contributed by atoms with E-state index >= 15 is 0 Å². The Labute approximate surface area is 133 Å². The molecule has 0 radical (unpaired) electrons. The van der Waals surface area contributed by atoms with Gasteiger partial charge < -0.3 is 9.84 Å². The molecule has 1 saturated heterocycles. The van der Waals surface area contributed by atoms with Crippen molar-refractivity contribution in [3.8, 4) is 22.7 Å². The number of hydrogen-bond donors (Lipinski definition) is 1. The number of nitrogens with zero attached hydrogens (tertiary/aromatic N) is 2. The summed E-state index contributed by atoms with van der Waals surface area (Å²) in [6.45, 7) is 2.17. The topological polar surface area (TPSA) is 51.0 Å². The summed E-state index contributed by atoms with van der Waals surface area (Å²) < 4.78 is 5.46. The van der Waals surface area contributed by atoms with Crippen LogP contribution < -0.4 is 5.32 Å². The van der Waals surface area contributed by atoms with Gasteiger partial charge in [-0.2, -0.15) is 0 Å². The van der Waals surface area contributed by atoms with Gasteiger partial charge in [-0.05, 0) is 25.9 Å². The molecular weight excluding hydrogens is 294 g/mol. The van der Waals surface area contributed by atoms with Gasteiger partial charge in [0, 0.05) is 22.9 Å². The first-order valence-electron chi connectivity index (χ1n) is 7.59. The average molecular weight is 311 g/mol. The minimum absolute atomic E-state index is 0.584. The van der Waals surface area contributed by atoms with Crippen LogP contribution in [-0.4, -0.2) is 23.2 Å². The van der Waals surface area contributed by atoms with Crippen molar-refractivity contribution in [2.24, 2.45) is 0 Å². The van der Waals surface area contributed by atoms with E-state index in [0.717, 1.165) is 35.8 Å². The third-order valence-corrected chi connectivity index (χ3v) is 5.05. The summed E-state index contributed by atoms with van der Waals surface area (Å²) in [5.41, 5.74) is 2.77. The first-order valence-corrected chi connectivity index (χ1v) is 8.47. The van der Waals surface area contributed by atoms with Crippen molar-refractivity contribution < 1.29 is 4.52 Å².